The van der Waals surface area contributed by atoms with E-state index < -0.39 is 0 Å². The maximum absolute atomic E-state index is 12.1. The van der Waals surface area contributed by atoms with Crippen LogP contribution in [0.25, 0.3) is 5.65 Å². The summed E-state index contributed by atoms with van der Waals surface area (Å²) in [4.78, 5) is 24.2. The number of carbonyl (C=O) groups excluding carboxylic acids is 1. The van der Waals surface area contributed by atoms with Gasteiger partial charge in [0.15, 0.2) is 5.65 Å². The zero-order valence-corrected chi connectivity index (χ0v) is 25.8. The third kappa shape index (κ3) is 6.64. The highest BCUT2D eigenvalue weighted by Gasteiger charge is 2.38. The van der Waals surface area contributed by atoms with Crippen LogP contribution in [0.5, 0.6) is 0 Å². The molecule has 2 aromatic carbocycles. The summed E-state index contributed by atoms with van der Waals surface area (Å²) in [5.74, 6) is 0.279. The van der Waals surface area contributed by atoms with Gasteiger partial charge in [0.1, 0.15) is 0 Å². The number of primary amides is 1. The molecule has 2 aromatic heterocycles. The van der Waals surface area contributed by atoms with E-state index in [2.05, 4.69) is 64.4 Å². The highest BCUT2D eigenvalue weighted by Crippen LogP contribution is 2.40. The molecule has 0 aliphatic carbocycles. The number of likely N-dealkylation sites (tertiary alicyclic amines) is 1. The topological polar surface area (TPSA) is 95.0 Å². The second kappa shape index (κ2) is 12.5. The van der Waals surface area contributed by atoms with Crippen molar-refractivity contribution in [3.8, 4) is 0 Å². The van der Waals surface area contributed by atoms with Gasteiger partial charge in [-0.2, -0.15) is 4.98 Å². The normalized spacial score (nSPS) is 17.9. The second-order valence-electron chi connectivity index (χ2n) is 12.3. The molecule has 0 bridgehead atoms. The van der Waals surface area contributed by atoms with Crippen LogP contribution in [0.15, 0.2) is 66.9 Å². The third-order valence-corrected chi connectivity index (χ3v) is 9.58. The van der Waals surface area contributed by atoms with Gasteiger partial charge >= 0.3 is 0 Å². The fourth-order valence-corrected chi connectivity index (χ4v) is 6.87. The van der Waals surface area contributed by atoms with Crippen LogP contribution in [0.2, 0.25) is 5.02 Å². The van der Waals surface area contributed by atoms with E-state index in [-0.39, 0.29) is 11.3 Å². The van der Waals surface area contributed by atoms with Gasteiger partial charge in [-0.05, 0) is 100 Å². The summed E-state index contributed by atoms with van der Waals surface area (Å²) in [6.07, 6.45) is 6.30. The molecule has 4 heterocycles. The van der Waals surface area contributed by atoms with Crippen molar-refractivity contribution < 1.29 is 4.79 Å². The van der Waals surface area contributed by atoms with Gasteiger partial charge in [0.25, 0.3) is 0 Å². The summed E-state index contributed by atoms with van der Waals surface area (Å²) in [6.45, 7) is 4.84. The van der Waals surface area contributed by atoms with E-state index in [1.54, 1.807) is 0 Å². The van der Waals surface area contributed by atoms with E-state index in [4.69, 9.17) is 27.4 Å². The summed E-state index contributed by atoms with van der Waals surface area (Å²) in [5.41, 5.74) is 10.6. The molecule has 10 heteroatoms. The van der Waals surface area contributed by atoms with E-state index in [1.807, 2.05) is 41.0 Å². The number of amides is 1. The molecule has 0 radical (unpaired) electrons. The third-order valence-electron chi connectivity index (χ3n) is 9.33. The lowest BCUT2D eigenvalue weighted by Gasteiger charge is -2.42. The zero-order valence-electron chi connectivity index (χ0n) is 25.0. The largest absolute Gasteiger partial charge is 0.370 e. The van der Waals surface area contributed by atoms with Crippen LogP contribution in [0.4, 0.5) is 17.3 Å². The number of halogens is 1. The van der Waals surface area contributed by atoms with Gasteiger partial charge in [-0.15, -0.1) is 5.10 Å². The molecule has 0 spiro atoms. The molecular formula is C33H41ClN8O. The Kier molecular flexibility index (Phi) is 8.56. The Hall–Kier alpha value is -3.66. The number of piperidine rings is 2. The van der Waals surface area contributed by atoms with E-state index in [0.29, 0.717) is 23.4 Å². The molecule has 2 saturated heterocycles. The second-order valence-corrected chi connectivity index (χ2v) is 12.7. The van der Waals surface area contributed by atoms with Gasteiger partial charge in [-0.1, -0.05) is 35.9 Å². The van der Waals surface area contributed by atoms with Gasteiger partial charge in [0, 0.05) is 54.4 Å². The zero-order chi connectivity index (χ0) is 30.0. The molecule has 6 rings (SSSR count). The summed E-state index contributed by atoms with van der Waals surface area (Å²) in [7, 11) is 4.44. The van der Waals surface area contributed by atoms with Crippen molar-refractivity contribution in [3.05, 3.63) is 83.0 Å². The van der Waals surface area contributed by atoms with Crippen molar-refractivity contribution in [2.24, 2.45) is 5.73 Å². The highest BCUT2D eigenvalue weighted by atomic mass is 35.5. The molecule has 4 aromatic rings. The Balaban J connectivity index is 1.13. The molecule has 2 fully saturated rings. The van der Waals surface area contributed by atoms with E-state index >= 15 is 0 Å². The summed E-state index contributed by atoms with van der Waals surface area (Å²) in [6, 6.07) is 21.1. The molecule has 1 amide bonds. The van der Waals surface area contributed by atoms with Crippen LogP contribution in [0.3, 0.4) is 0 Å². The number of hydrogen-bond donors (Lipinski definition) is 2. The average Bonchev–Trinajstić information content (AvgIpc) is 3.41. The van der Waals surface area contributed by atoms with Crippen LogP contribution in [0, 0.1) is 0 Å². The number of pyridine rings is 1. The van der Waals surface area contributed by atoms with Gasteiger partial charge in [0.05, 0.1) is 5.69 Å². The van der Waals surface area contributed by atoms with Crippen molar-refractivity contribution in [1.29, 1.82) is 0 Å². The fraction of sp³-hybridized carbons (Fsp3) is 0.424. The first-order chi connectivity index (χ1) is 20.8. The predicted octanol–water partition coefficient (Wildman–Crippen LogP) is 5.07. The molecule has 0 unspecified atom stereocenters. The Morgan fingerprint density at radius 2 is 1.74 bits per heavy atom. The maximum atomic E-state index is 12.1. The van der Waals surface area contributed by atoms with Crippen molar-refractivity contribution >= 4 is 40.5 Å². The number of aromatic nitrogens is 3. The lowest BCUT2D eigenvalue weighted by atomic mass is 9.70. The number of benzene rings is 2. The number of nitrogens with zero attached hydrogens (tertiary/aromatic N) is 6. The number of rotatable bonds is 9. The lowest BCUT2D eigenvalue weighted by molar-refractivity contribution is -0.119. The summed E-state index contributed by atoms with van der Waals surface area (Å²) < 4.78 is 1.83. The van der Waals surface area contributed by atoms with Gasteiger partial charge in [-0.25, -0.2) is 4.52 Å². The van der Waals surface area contributed by atoms with Gasteiger partial charge in [-0.3, -0.25) is 9.69 Å². The lowest BCUT2D eigenvalue weighted by Crippen LogP contribution is -2.45. The molecule has 0 atom stereocenters. The number of nitrogens with two attached hydrogens (primary N) is 1. The number of fused-ring (bicyclic) bond motifs is 1. The first kappa shape index (κ1) is 29.4. The minimum Gasteiger partial charge on any atom is -0.370 e. The van der Waals surface area contributed by atoms with E-state index in [1.165, 1.54) is 31.5 Å². The van der Waals surface area contributed by atoms with Crippen molar-refractivity contribution in [2.75, 3.05) is 50.5 Å². The minimum absolute atomic E-state index is 0.281. The Bertz CT molecular complexity index is 1540. The first-order valence-electron chi connectivity index (χ1n) is 15.2. The van der Waals surface area contributed by atoms with Crippen molar-refractivity contribution in [2.45, 2.75) is 50.1 Å². The number of hydrogen-bond acceptors (Lipinski definition) is 7. The first-order valence-corrected chi connectivity index (χ1v) is 15.6. The fourth-order valence-electron chi connectivity index (χ4n) is 6.75. The molecule has 9 nitrogen and oxygen atoms in total. The summed E-state index contributed by atoms with van der Waals surface area (Å²) in [5, 5.41) is 8.78. The predicted molar refractivity (Wildman–Crippen MR) is 173 cm³/mol. The number of nitrogens with one attached hydrogen (secondary N) is 1. The Morgan fingerprint density at radius 3 is 2.42 bits per heavy atom. The summed E-state index contributed by atoms with van der Waals surface area (Å²) >= 11 is 6.15. The average molecular weight is 601 g/mol. The SMILES string of the molecule is CN1CCC(N(C)Cc2ccc(Nc3nc4c(N5CCC(CC(N)=O)(c6ccc(Cl)cc6)CC5)cccn4n3)cc2)CC1. The smallest absolute Gasteiger partial charge is 0.247 e. The molecule has 2 aliphatic heterocycles. The Morgan fingerprint density at radius 1 is 1.05 bits per heavy atom. The molecule has 226 valence electrons. The van der Waals surface area contributed by atoms with E-state index in [9.17, 15) is 4.79 Å². The molecule has 43 heavy (non-hydrogen) atoms. The Labute approximate surface area is 258 Å². The number of carbonyl (C=O) groups is 1. The monoisotopic (exact) mass is 600 g/mol. The minimum atomic E-state index is -0.299. The van der Waals surface area contributed by atoms with Gasteiger partial charge in [0.2, 0.25) is 11.9 Å². The van der Waals surface area contributed by atoms with Crippen LogP contribution in [-0.4, -0.2) is 76.6 Å². The molecule has 2 aliphatic rings. The van der Waals surface area contributed by atoms with Crippen LogP contribution in [-0.2, 0) is 16.8 Å². The maximum Gasteiger partial charge on any atom is 0.247 e. The number of anilines is 3. The van der Waals surface area contributed by atoms with Crippen LogP contribution < -0.4 is 16.0 Å². The van der Waals surface area contributed by atoms with E-state index in [0.717, 1.165) is 55.1 Å². The molecular weight excluding hydrogens is 560 g/mol. The van der Waals surface area contributed by atoms with Crippen molar-refractivity contribution in [1.82, 2.24) is 24.4 Å². The van der Waals surface area contributed by atoms with Gasteiger partial charge < -0.3 is 20.9 Å². The standard InChI is InChI=1S/C33H41ClN8O/c1-39-18-13-28(14-19-39)40(2)23-24-5-11-27(12-6-24)36-32-37-31-29(4-3-17-42(31)38-32)41-20-15-33(16-21-41,22-30(35)43)25-7-9-26(34)10-8-25/h3-12,17,28H,13-16,18-23H2,1-2H3,(H2,35,43)(H,36,38). The van der Waals surface area contributed by atoms with Crippen molar-refractivity contribution in [3.63, 3.8) is 0 Å². The van der Waals surface area contributed by atoms with Crippen LogP contribution >= 0.6 is 11.6 Å². The highest BCUT2D eigenvalue weighted by molar-refractivity contribution is 6.30. The quantitative estimate of drug-likeness (QED) is 0.277. The molecule has 0 saturated carbocycles. The molecule has 3 N–H and O–H groups in total. The van der Waals surface area contributed by atoms with Crippen LogP contribution in [0.1, 0.15) is 43.2 Å².